The average molecular weight is 428 g/mol. The zero-order valence-corrected chi connectivity index (χ0v) is 17.5. The fourth-order valence-corrected chi connectivity index (χ4v) is 4.36. The van der Waals surface area contributed by atoms with E-state index in [0.29, 0.717) is 16.5 Å². The predicted molar refractivity (Wildman–Crippen MR) is 110 cm³/mol. The van der Waals surface area contributed by atoms with Crippen LogP contribution in [-0.2, 0) is 13.1 Å². The lowest BCUT2D eigenvalue weighted by Gasteiger charge is -2.32. The van der Waals surface area contributed by atoms with Gasteiger partial charge >= 0.3 is 0 Å². The first-order valence-electron chi connectivity index (χ1n) is 8.93. The van der Waals surface area contributed by atoms with Gasteiger partial charge in [-0.2, -0.15) is 0 Å². The molecule has 0 bridgehead atoms. The number of hydrogen-bond donors (Lipinski definition) is 1. The number of nitrogens with zero attached hydrogens (tertiary/aromatic N) is 4. The third-order valence-electron chi connectivity index (χ3n) is 5.20. The molecule has 1 aromatic carbocycles. The Kier molecular flexibility index (Phi) is 6.68. The van der Waals surface area contributed by atoms with Gasteiger partial charge in [0.25, 0.3) is 5.91 Å². The second-order valence-corrected chi connectivity index (χ2v) is 8.00. The maximum atomic E-state index is 12.9. The smallest absolute Gasteiger partial charge is 0.255 e. The summed E-state index contributed by atoms with van der Waals surface area (Å²) in [5.74, 6) is 2.49. The molecular formula is C18H23Cl2N5OS. The number of aromatic nitrogens is 3. The van der Waals surface area contributed by atoms with E-state index >= 15 is 0 Å². The van der Waals surface area contributed by atoms with Crippen molar-refractivity contribution in [2.45, 2.75) is 36.7 Å². The van der Waals surface area contributed by atoms with Crippen LogP contribution in [0.4, 0.5) is 0 Å². The molecule has 0 spiro atoms. The predicted octanol–water partition coefficient (Wildman–Crippen LogP) is 3.20. The topological polar surface area (TPSA) is 63.1 Å². The Morgan fingerprint density at radius 1 is 1.26 bits per heavy atom. The third kappa shape index (κ3) is 4.11. The summed E-state index contributed by atoms with van der Waals surface area (Å²) >= 11 is 7.89. The molecule has 2 aliphatic rings. The standard InChI is InChI=1S/C18H22ClN5OS.ClH/c1-26-13-2-3-15(19)14(10-13)18(25)23-7-4-12(5-8-23)17-22-21-16-11-20-6-9-24(16)17;/h2-3,10,12,20H,4-9,11H2,1H3;1H. The van der Waals surface area contributed by atoms with E-state index in [9.17, 15) is 4.79 Å². The van der Waals surface area contributed by atoms with Gasteiger partial charge in [-0.1, -0.05) is 11.6 Å². The highest BCUT2D eigenvalue weighted by atomic mass is 35.5. The van der Waals surface area contributed by atoms with E-state index in [1.54, 1.807) is 11.8 Å². The van der Waals surface area contributed by atoms with Crippen LogP contribution in [0.2, 0.25) is 5.02 Å². The molecule has 0 saturated carbocycles. The van der Waals surface area contributed by atoms with Crippen LogP contribution in [0.3, 0.4) is 0 Å². The lowest BCUT2D eigenvalue weighted by Crippen LogP contribution is -2.39. The van der Waals surface area contributed by atoms with Crippen molar-refractivity contribution in [3.8, 4) is 0 Å². The minimum atomic E-state index is 0. The van der Waals surface area contributed by atoms with Gasteiger partial charge < -0.3 is 14.8 Å². The highest BCUT2D eigenvalue weighted by Gasteiger charge is 2.29. The van der Waals surface area contributed by atoms with Crippen molar-refractivity contribution in [2.75, 3.05) is 25.9 Å². The van der Waals surface area contributed by atoms with E-state index in [0.717, 1.165) is 62.1 Å². The molecule has 3 heterocycles. The molecule has 1 saturated heterocycles. The van der Waals surface area contributed by atoms with Crippen molar-refractivity contribution in [2.24, 2.45) is 0 Å². The van der Waals surface area contributed by atoms with Gasteiger partial charge in [-0.05, 0) is 37.3 Å². The number of carbonyl (C=O) groups is 1. The van der Waals surface area contributed by atoms with Crippen molar-refractivity contribution in [1.82, 2.24) is 25.0 Å². The summed E-state index contributed by atoms with van der Waals surface area (Å²) in [6.45, 7) is 4.12. The molecule has 1 aromatic heterocycles. The van der Waals surface area contributed by atoms with Gasteiger partial charge in [0.05, 0.1) is 17.1 Å². The highest BCUT2D eigenvalue weighted by molar-refractivity contribution is 7.98. The van der Waals surface area contributed by atoms with Gasteiger partial charge in [0.15, 0.2) is 0 Å². The molecular weight excluding hydrogens is 405 g/mol. The Labute approximate surface area is 174 Å². The molecule has 146 valence electrons. The van der Waals surface area contributed by atoms with Gasteiger partial charge in [-0.15, -0.1) is 34.4 Å². The molecule has 0 radical (unpaired) electrons. The number of carbonyl (C=O) groups excluding carboxylic acids is 1. The lowest BCUT2D eigenvalue weighted by atomic mass is 9.95. The summed E-state index contributed by atoms with van der Waals surface area (Å²) in [4.78, 5) is 15.9. The van der Waals surface area contributed by atoms with E-state index in [1.165, 1.54) is 0 Å². The number of halogens is 2. The fourth-order valence-electron chi connectivity index (χ4n) is 3.72. The molecule has 4 rings (SSSR count). The molecule has 0 atom stereocenters. The van der Waals surface area contributed by atoms with Crippen molar-refractivity contribution in [1.29, 1.82) is 0 Å². The molecule has 0 unspecified atom stereocenters. The Balaban J connectivity index is 0.00000210. The van der Waals surface area contributed by atoms with Crippen LogP contribution in [0.5, 0.6) is 0 Å². The first-order valence-corrected chi connectivity index (χ1v) is 10.5. The largest absolute Gasteiger partial charge is 0.339 e. The summed E-state index contributed by atoms with van der Waals surface area (Å²) in [6.07, 6.45) is 3.83. The fraction of sp³-hybridized carbons (Fsp3) is 0.500. The van der Waals surface area contributed by atoms with Crippen molar-refractivity contribution < 1.29 is 4.79 Å². The molecule has 27 heavy (non-hydrogen) atoms. The number of thioether (sulfide) groups is 1. The molecule has 9 heteroatoms. The zero-order valence-electron chi connectivity index (χ0n) is 15.2. The molecule has 6 nitrogen and oxygen atoms in total. The van der Waals surface area contributed by atoms with E-state index < -0.39 is 0 Å². The average Bonchev–Trinajstić information content (AvgIpc) is 3.12. The second-order valence-electron chi connectivity index (χ2n) is 6.72. The maximum Gasteiger partial charge on any atom is 0.255 e. The van der Waals surface area contributed by atoms with Gasteiger partial charge in [-0.25, -0.2) is 0 Å². The van der Waals surface area contributed by atoms with E-state index in [2.05, 4.69) is 20.1 Å². The minimum Gasteiger partial charge on any atom is -0.339 e. The number of nitrogens with one attached hydrogen (secondary N) is 1. The Morgan fingerprint density at radius 2 is 2.04 bits per heavy atom. The van der Waals surface area contributed by atoms with Crippen LogP contribution in [0.1, 0.15) is 40.8 Å². The third-order valence-corrected chi connectivity index (χ3v) is 6.26. The first-order chi connectivity index (χ1) is 12.7. The maximum absolute atomic E-state index is 12.9. The van der Waals surface area contributed by atoms with Crippen LogP contribution in [-0.4, -0.2) is 51.5 Å². The molecule has 0 aliphatic carbocycles. The molecule has 1 amide bonds. The number of amides is 1. The minimum absolute atomic E-state index is 0. The number of rotatable bonds is 3. The summed E-state index contributed by atoms with van der Waals surface area (Å²) in [7, 11) is 0. The van der Waals surface area contributed by atoms with Crippen LogP contribution < -0.4 is 5.32 Å². The Morgan fingerprint density at radius 3 is 2.78 bits per heavy atom. The van der Waals surface area contributed by atoms with Crippen molar-refractivity contribution in [3.05, 3.63) is 40.4 Å². The summed E-state index contributed by atoms with van der Waals surface area (Å²) in [5.41, 5.74) is 0.600. The van der Waals surface area contributed by atoms with E-state index in [1.807, 2.05) is 29.4 Å². The van der Waals surface area contributed by atoms with Gasteiger partial charge in [0, 0.05) is 37.0 Å². The SMILES string of the molecule is CSc1ccc(Cl)c(C(=O)N2CCC(c3nnc4n3CCNC4)CC2)c1.Cl. The highest BCUT2D eigenvalue weighted by Crippen LogP contribution is 2.30. The quantitative estimate of drug-likeness (QED) is 0.761. The van der Waals surface area contributed by atoms with E-state index in [-0.39, 0.29) is 18.3 Å². The zero-order chi connectivity index (χ0) is 18.1. The Bertz CT molecular complexity index is 820. The molecule has 1 N–H and O–H groups in total. The summed E-state index contributed by atoms with van der Waals surface area (Å²) in [5, 5.41) is 12.6. The molecule has 2 aromatic rings. The summed E-state index contributed by atoms with van der Waals surface area (Å²) < 4.78 is 2.25. The number of likely N-dealkylation sites (tertiary alicyclic amines) is 1. The van der Waals surface area contributed by atoms with Crippen LogP contribution in [0.15, 0.2) is 23.1 Å². The van der Waals surface area contributed by atoms with Gasteiger partial charge in [-0.3, -0.25) is 4.79 Å². The van der Waals surface area contributed by atoms with E-state index in [4.69, 9.17) is 11.6 Å². The Hall–Kier alpha value is -1.28. The van der Waals surface area contributed by atoms with Crippen molar-refractivity contribution >= 4 is 41.7 Å². The van der Waals surface area contributed by atoms with Gasteiger partial charge in [0.1, 0.15) is 11.6 Å². The van der Waals surface area contributed by atoms with Crippen LogP contribution in [0.25, 0.3) is 0 Å². The first kappa shape index (κ1) is 20.5. The number of hydrogen-bond acceptors (Lipinski definition) is 5. The van der Waals surface area contributed by atoms with Crippen LogP contribution >= 0.6 is 35.8 Å². The number of fused-ring (bicyclic) bond motifs is 1. The van der Waals surface area contributed by atoms with Gasteiger partial charge in [0.2, 0.25) is 0 Å². The normalized spacial score (nSPS) is 17.3. The number of benzene rings is 1. The monoisotopic (exact) mass is 427 g/mol. The molecule has 2 aliphatic heterocycles. The lowest BCUT2D eigenvalue weighted by molar-refractivity contribution is 0.0710. The van der Waals surface area contributed by atoms with Crippen LogP contribution in [0, 0.1) is 0 Å². The number of piperidine rings is 1. The second kappa shape index (κ2) is 8.82. The van der Waals surface area contributed by atoms with Crippen molar-refractivity contribution in [3.63, 3.8) is 0 Å². The molecule has 1 fully saturated rings. The summed E-state index contributed by atoms with van der Waals surface area (Å²) in [6, 6.07) is 5.65.